The Bertz CT molecular complexity index is 622. The van der Waals surface area contributed by atoms with E-state index < -0.39 is 0 Å². The number of methoxy groups -OCH3 is 1. The van der Waals surface area contributed by atoms with Crippen LogP contribution in [0.2, 0.25) is 0 Å². The summed E-state index contributed by atoms with van der Waals surface area (Å²) in [4.78, 5) is 14.8. The Morgan fingerprint density at radius 1 is 1.57 bits per heavy atom. The molecule has 112 valence electrons. The lowest BCUT2D eigenvalue weighted by Gasteiger charge is -2.28. The van der Waals surface area contributed by atoms with Gasteiger partial charge in [-0.05, 0) is 24.3 Å². The molecule has 1 amide bonds. The molecular formula is C15H19N3O2S. The Kier molecular flexibility index (Phi) is 4.45. The van der Waals surface area contributed by atoms with Gasteiger partial charge < -0.3 is 9.64 Å². The van der Waals surface area contributed by atoms with Crippen LogP contribution in [-0.2, 0) is 4.74 Å². The highest BCUT2D eigenvalue weighted by atomic mass is 32.2. The van der Waals surface area contributed by atoms with E-state index in [0.29, 0.717) is 24.8 Å². The zero-order valence-corrected chi connectivity index (χ0v) is 12.9. The number of H-pyrrole nitrogens is 1. The molecule has 21 heavy (non-hydrogen) atoms. The quantitative estimate of drug-likeness (QED) is 0.919. The van der Waals surface area contributed by atoms with Crippen LogP contribution in [0.5, 0.6) is 0 Å². The van der Waals surface area contributed by atoms with Crippen LogP contribution in [0, 0.1) is 0 Å². The number of hydrogen-bond donors (Lipinski definition) is 1. The molecule has 1 aliphatic rings. The topological polar surface area (TPSA) is 58.2 Å². The second-order valence-corrected chi connectivity index (χ2v) is 6.33. The monoisotopic (exact) mass is 305 g/mol. The molecule has 1 aromatic heterocycles. The van der Waals surface area contributed by atoms with Crippen LogP contribution in [-0.4, -0.2) is 58.8 Å². The second-order valence-electron chi connectivity index (χ2n) is 5.18. The molecule has 3 rings (SSSR count). The van der Waals surface area contributed by atoms with Crippen molar-refractivity contribution in [3.63, 3.8) is 0 Å². The summed E-state index contributed by atoms with van der Waals surface area (Å²) in [6, 6.07) is 6.01. The molecule has 0 aliphatic carbocycles. The fraction of sp³-hybridized carbons (Fsp3) is 0.467. The Hall–Kier alpha value is -1.53. The molecule has 2 aromatic rings. The minimum absolute atomic E-state index is 0.0797. The Morgan fingerprint density at radius 3 is 3.24 bits per heavy atom. The van der Waals surface area contributed by atoms with Gasteiger partial charge in [0.05, 0.1) is 18.3 Å². The van der Waals surface area contributed by atoms with Crippen molar-refractivity contribution in [3.8, 4) is 0 Å². The van der Waals surface area contributed by atoms with E-state index in [9.17, 15) is 4.79 Å². The molecule has 0 bridgehead atoms. The molecule has 6 heteroatoms. The molecule has 0 saturated carbocycles. The van der Waals surface area contributed by atoms with Gasteiger partial charge in [0.1, 0.15) is 0 Å². The van der Waals surface area contributed by atoms with E-state index in [1.54, 1.807) is 13.3 Å². The number of nitrogens with zero attached hydrogens (tertiary/aromatic N) is 2. The van der Waals surface area contributed by atoms with Gasteiger partial charge in [0.2, 0.25) is 0 Å². The number of hydrogen-bond acceptors (Lipinski definition) is 4. The number of nitrogens with one attached hydrogen (secondary N) is 1. The van der Waals surface area contributed by atoms with Crippen LogP contribution in [0.3, 0.4) is 0 Å². The molecule has 1 aliphatic heterocycles. The summed E-state index contributed by atoms with van der Waals surface area (Å²) >= 11 is 1.91. The number of carbonyl (C=O) groups is 1. The maximum Gasteiger partial charge on any atom is 0.254 e. The van der Waals surface area contributed by atoms with Gasteiger partial charge >= 0.3 is 0 Å². The second kappa shape index (κ2) is 6.49. The fourth-order valence-corrected chi connectivity index (χ4v) is 3.87. The number of benzene rings is 1. The Balaban J connectivity index is 1.84. The largest absolute Gasteiger partial charge is 0.383 e. The van der Waals surface area contributed by atoms with Gasteiger partial charge in [-0.15, -0.1) is 0 Å². The summed E-state index contributed by atoms with van der Waals surface area (Å²) < 4.78 is 5.16. The predicted molar refractivity (Wildman–Crippen MR) is 84.7 cm³/mol. The zero-order chi connectivity index (χ0) is 14.7. The van der Waals surface area contributed by atoms with E-state index in [1.165, 1.54) is 0 Å². The van der Waals surface area contributed by atoms with E-state index >= 15 is 0 Å². The number of thioether (sulfide) groups is 1. The molecule has 0 spiro atoms. The van der Waals surface area contributed by atoms with Gasteiger partial charge in [-0.25, -0.2) is 0 Å². The van der Waals surface area contributed by atoms with Crippen LogP contribution in [0.4, 0.5) is 0 Å². The first-order valence-corrected chi connectivity index (χ1v) is 8.26. The standard InChI is InChI=1S/C15H19N3O2S/c1-20-6-5-18(13-4-7-21-10-13)15(19)11-2-3-12-9-16-17-14(12)8-11/h2-3,8-9,13H,4-7,10H2,1H3,(H,16,17). The highest BCUT2D eigenvalue weighted by Crippen LogP contribution is 2.24. The summed E-state index contributed by atoms with van der Waals surface area (Å²) in [7, 11) is 1.67. The van der Waals surface area contributed by atoms with Crippen molar-refractivity contribution < 1.29 is 9.53 Å². The lowest BCUT2D eigenvalue weighted by molar-refractivity contribution is 0.0625. The molecular weight excluding hydrogens is 286 g/mol. The summed E-state index contributed by atoms with van der Waals surface area (Å²) in [6.07, 6.45) is 2.83. The maximum absolute atomic E-state index is 12.8. The molecule has 1 saturated heterocycles. The lowest BCUT2D eigenvalue weighted by Crippen LogP contribution is -2.42. The van der Waals surface area contributed by atoms with Crippen molar-refractivity contribution in [3.05, 3.63) is 30.0 Å². The normalized spacial score (nSPS) is 18.2. The van der Waals surface area contributed by atoms with Crippen molar-refractivity contribution in [1.29, 1.82) is 0 Å². The highest BCUT2D eigenvalue weighted by molar-refractivity contribution is 7.99. The Morgan fingerprint density at radius 2 is 2.48 bits per heavy atom. The van der Waals surface area contributed by atoms with E-state index in [4.69, 9.17) is 4.74 Å². The Labute approximate surface area is 128 Å². The zero-order valence-electron chi connectivity index (χ0n) is 12.0. The third-order valence-electron chi connectivity index (χ3n) is 3.83. The van der Waals surface area contributed by atoms with Crippen LogP contribution in [0.25, 0.3) is 10.9 Å². The highest BCUT2D eigenvalue weighted by Gasteiger charge is 2.27. The number of carbonyl (C=O) groups excluding carboxylic acids is 1. The van der Waals surface area contributed by atoms with Gasteiger partial charge in [0.25, 0.3) is 5.91 Å². The van der Waals surface area contributed by atoms with E-state index in [-0.39, 0.29) is 5.91 Å². The molecule has 0 radical (unpaired) electrons. The first-order valence-electron chi connectivity index (χ1n) is 7.10. The molecule has 1 aromatic carbocycles. The first-order chi connectivity index (χ1) is 10.3. The smallest absolute Gasteiger partial charge is 0.254 e. The van der Waals surface area contributed by atoms with Crippen molar-refractivity contribution >= 4 is 28.6 Å². The van der Waals surface area contributed by atoms with Gasteiger partial charge in [-0.3, -0.25) is 9.89 Å². The lowest BCUT2D eigenvalue weighted by atomic mass is 10.1. The van der Waals surface area contributed by atoms with E-state index in [1.807, 2.05) is 34.9 Å². The number of rotatable bonds is 5. The third-order valence-corrected chi connectivity index (χ3v) is 4.98. The van der Waals surface area contributed by atoms with Gasteiger partial charge in [0.15, 0.2) is 0 Å². The summed E-state index contributed by atoms with van der Waals surface area (Å²) in [5.41, 5.74) is 1.60. The van der Waals surface area contributed by atoms with Crippen LogP contribution in [0.15, 0.2) is 24.4 Å². The number of amides is 1. The molecule has 5 nitrogen and oxygen atoms in total. The molecule has 1 N–H and O–H groups in total. The predicted octanol–water partition coefficient (Wildman–Crippen LogP) is 2.16. The van der Waals surface area contributed by atoms with E-state index in [0.717, 1.165) is 28.8 Å². The molecule has 1 atom stereocenters. The number of aromatic amines is 1. The number of fused-ring (bicyclic) bond motifs is 1. The van der Waals surface area contributed by atoms with Gasteiger partial charge in [-0.2, -0.15) is 16.9 Å². The summed E-state index contributed by atoms with van der Waals surface area (Å²) in [5.74, 6) is 2.22. The third kappa shape index (κ3) is 3.06. The van der Waals surface area contributed by atoms with Crippen molar-refractivity contribution in [2.24, 2.45) is 0 Å². The number of ether oxygens (including phenoxy) is 1. The van der Waals surface area contributed by atoms with Crippen LogP contribution in [0.1, 0.15) is 16.8 Å². The first kappa shape index (κ1) is 14.4. The van der Waals surface area contributed by atoms with Crippen molar-refractivity contribution in [2.45, 2.75) is 12.5 Å². The van der Waals surface area contributed by atoms with Crippen LogP contribution >= 0.6 is 11.8 Å². The summed E-state index contributed by atoms with van der Waals surface area (Å²) in [5, 5.41) is 7.94. The van der Waals surface area contributed by atoms with Crippen molar-refractivity contribution in [2.75, 3.05) is 31.8 Å². The molecule has 2 heterocycles. The summed E-state index contributed by atoms with van der Waals surface area (Å²) in [6.45, 7) is 1.21. The molecule has 1 fully saturated rings. The maximum atomic E-state index is 12.8. The minimum atomic E-state index is 0.0797. The van der Waals surface area contributed by atoms with Gasteiger partial charge in [0, 0.05) is 36.4 Å². The fourth-order valence-electron chi connectivity index (χ4n) is 2.64. The van der Waals surface area contributed by atoms with E-state index in [2.05, 4.69) is 10.2 Å². The average molecular weight is 305 g/mol. The molecule has 1 unspecified atom stereocenters. The minimum Gasteiger partial charge on any atom is -0.383 e. The van der Waals surface area contributed by atoms with Gasteiger partial charge in [-0.1, -0.05) is 6.07 Å². The van der Waals surface area contributed by atoms with Crippen LogP contribution < -0.4 is 0 Å². The SMILES string of the molecule is COCCN(C(=O)c1ccc2cn[nH]c2c1)C1CCSC1. The van der Waals surface area contributed by atoms with Crippen molar-refractivity contribution in [1.82, 2.24) is 15.1 Å². The number of aromatic nitrogens is 2. The average Bonchev–Trinajstić information content (AvgIpc) is 3.18.